The van der Waals surface area contributed by atoms with Crippen molar-refractivity contribution in [3.8, 4) is 0 Å². The molecule has 5 rings (SSSR count). The quantitative estimate of drug-likeness (QED) is 0.464. The molecule has 2 aliphatic heterocycles. The first-order valence-electron chi connectivity index (χ1n) is 12.9. The molecule has 3 aliphatic rings. The van der Waals surface area contributed by atoms with Gasteiger partial charge in [-0.3, -0.25) is 9.59 Å². The fraction of sp³-hybridized carbons (Fsp3) is 0.615. The lowest BCUT2D eigenvalue weighted by Crippen LogP contribution is -2.36. The van der Waals surface area contributed by atoms with Crippen LogP contribution in [0.2, 0.25) is 0 Å². The third-order valence-corrected chi connectivity index (χ3v) is 7.40. The summed E-state index contributed by atoms with van der Waals surface area (Å²) in [6.45, 7) is 2.59. The van der Waals surface area contributed by atoms with Crippen molar-refractivity contribution in [1.29, 1.82) is 0 Å². The number of nitrogens with zero attached hydrogens (tertiary/aromatic N) is 4. The lowest BCUT2D eigenvalue weighted by Gasteiger charge is -2.32. The van der Waals surface area contributed by atoms with Crippen LogP contribution in [0.1, 0.15) is 73.2 Å². The largest absolute Gasteiger partial charge is 0.437 e. The topological polar surface area (TPSA) is 79.5 Å². The zero-order chi connectivity index (χ0) is 25.3. The summed E-state index contributed by atoms with van der Waals surface area (Å²) in [4.78, 5) is 37.1. The molecule has 0 radical (unpaired) electrons. The molecular weight excluding hydrogens is 473 g/mol. The van der Waals surface area contributed by atoms with Gasteiger partial charge in [0.05, 0.1) is 0 Å². The highest BCUT2D eigenvalue weighted by atomic mass is 19.4. The Hall–Kier alpha value is -2.91. The van der Waals surface area contributed by atoms with Crippen molar-refractivity contribution < 1.29 is 27.2 Å². The molecule has 0 bridgehead atoms. The minimum absolute atomic E-state index is 0.123. The van der Waals surface area contributed by atoms with Crippen molar-refractivity contribution in [2.45, 2.75) is 64.0 Å². The number of carbonyl (C=O) groups excluding carboxylic acids is 2. The smallest absolute Gasteiger partial charge is 0.420 e. The van der Waals surface area contributed by atoms with Gasteiger partial charge in [-0.05, 0) is 62.5 Å². The molecular formula is C26H31F3N4O3. The molecule has 36 heavy (non-hydrogen) atoms. The van der Waals surface area contributed by atoms with Gasteiger partial charge in [0, 0.05) is 51.1 Å². The molecule has 1 saturated carbocycles. The van der Waals surface area contributed by atoms with Crippen LogP contribution >= 0.6 is 0 Å². The summed E-state index contributed by atoms with van der Waals surface area (Å²) >= 11 is 0. The van der Waals surface area contributed by atoms with E-state index in [1.807, 2.05) is 0 Å². The minimum atomic E-state index is -4.78. The molecule has 0 unspecified atom stereocenters. The third-order valence-electron chi connectivity index (χ3n) is 7.40. The number of halogens is 3. The summed E-state index contributed by atoms with van der Waals surface area (Å²) in [6.07, 6.45) is 3.86. The van der Waals surface area contributed by atoms with Crippen LogP contribution in [0, 0.1) is 11.8 Å². The van der Waals surface area contributed by atoms with Crippen molar-refractivity contribution in [2.75, 3.05) is 36.0 Å². The van der Waals surface area contributed by atoms with E-state index in [2.05, 4.69) is 14.9 Å². The van der Waals surface area contributed by atoms with Crippen molar-refractivity contribution in [2.24, 2.45) is 11.8 Å². The van der Waals surface area contributed by atoms with Crippen LogP contribution in [0.15, 0.2) is 22.7 Å². The standard InChI is InChI=1S/C26H31F3N4O3/c27-26(28,29)24-23(36-25(31-24)33-10-2-1-3-11-33)21(35)15-18-6-7-22(30-16-18)32-12-8-19(9-13-32)20(34)14-17-4-5-17/h6-7,16-17,19H,1-5,8-15H2. The van der Waals surface area contributed by atoms with E-state index >= 15 is 0 Å². The Balaban J connectivity index is 1.21. The Morgan fingerprint density at radius 3 is 2.31 bits per heavy atom. The van der Waals surface area contributed by atoms with Crippen LogP contribution in [0.3, 0.4) is 0 Å². The normalized spacial score (nSPS) is 19.5. The summed E-state index contributed by atoms with van der Waals surface area (Å²) in [5.41, 5.74) is -0.765. The van der Waals surface area contributed by atoms with E-state index in [9.17, 15) is 22.8 Å². The highest BCUT2D eigenvalue weighted by Crippen LogP contribution is 2.36. The van der Waals surface area contributed by atoms with Crippen LogP contribution in [-0.4, -0.2) is 47.7 Å². The molecule has 2 aromatic heterocycles. The second-order valence-electron chi connectivity index (χ2n) is 10.2. The molecule has 1 aliphatic carbocycles. The van der Waals surface area contributed by atoms with Crippen molar-refractivity contribution in [3.05, 3.63) is 35.3 Å². The summed E-state index contributed by atoms with van der Waals surface area (Å²) in [5, 5.41) is 0. The van der Waals surface area contributed by atoms with Gasteiger partial charge in [0.15, 0.2) is 5.69 Å². The Bertz CT molecular complexity index is 1080. The first kappa shape index (κ1) is 24.8. The van der Waals surface area contributed by atoms with E-state index in [4.69, 9.17) is 4.42 Å². The molecule has 0 amide bonds. The molecule has 2 saturated heterocycles. The van der Waals surface area contributed by atoms with E-state index in [0.29, 0.717) is 36.8 Å². The lowest BCUT2D eigenvalue weighted by atomic mass is 9.90. The van der Waals surface area contributed by atoms with Gasteiger partial charge < -0.3 is 14.2 Å². The van der Waals surface area contributed by atoms with Crippen LogP contribution in [0.25, 0.3) is 0 Å². The van der Waals surface area contributed by atoms with E-state index in [-0.39, 0.29) is 18.4 Å². The number of rotatable bonds is 8. The molecule has 3 fully saturated rings. The van der Waals surface area contributed by atoms with E-state index in [0.717, 1.165) is 51.0 Å². The van der Waals surface area contributed by atoms with Gasteiger partial charge in [0.25, 0.3) is 6.01 Å². The Kier molecular flexibility index (Phi) is 7.03. The molecule has 10 heteroatoms. The zero-order valence-corrected chi connectivity index (χ0v) is 20.2. The van der Waals surface area contributed by atoms with Gasteiger partial charge in [0.2, 0.25) is 11.5 Å². The van der Waals surface area contributed by atoms with Gasteiger partial charge in [0.1, 0.15) is 11.6 Å². The number of Topliss-reactive ketones (excluding diaryl/α,β-unsaturated/α-hetero) is 2. The van der Waals surface area contributed by atoms with Crippen LogP contribution in [-0.2, 0) is 17.4 Å². The highest BCUT2D eigenvalue weighted by molar-refractivity contribution is 5.96. The van der Waals surface area contributed by atoms with E-state index in [1.54, 1.807) is 17.0 Å². The third kappa shape index (κ3) is 5.73. The zero-order valence-electron chi connectivity index (χ0n) is 20.2. The van der Waals surface area contributed by atoms with E-state index < -0.39 is 23.4 Å². The Labute approximate surface area is 208 Å². The maximum absolute atomic E-state index is 13.6. The number of hydrogen-bond acceptors (Lipinski definition) is 7. The number of ketones is 2. The fourth-order valence-corrected chi connectivity index (χ4v) is 5.09. The van der Waals surface area contributed by atoms with Crippen molar-refractivity contribution in [1.82, 2.24) is 9.97 Å². The minimum Gasteiger partial charge on any atom is -0.420 e. The van der Waals surface area contributed by atoms with Gasteiger partial charge in [-0.1, -0.05) is 6.07 Å². The van der Waals surface area contributed by atoms with Gasteiger partial charge in [-0.15, -0.1) is 0 Å². The van der Waals surface area contributed by atoms with E-state index in [1.165, 1.54) is 19.0 Å². The maximum atomic E-state index is 13.6. The summed E-state index contributed by atoms with van der Waals surface area (Å²) < 4.78 is 46.2. The highest BCUT2D eigenvalue weighted by Gasteiger charge is 2.42. The number of oxazole rings is 1. The van der Waals surface area contributed by atoms with Crippen LogP contribution in [0.4, 0.5) is 25.0 Å². The molecule has 0 atom stereocenters. The molecule has 0 N–H and O–H groups in total. The maximum Gasteiger partial charge on any atom is 0.437 e. The first-order chi connectivity index (χ1) is 17.3. The monoisotopic (exact) mass is 504 g/mol. The van der Waals surface area contributed by atoms with Crippen molar-refractivity contribution in [3.63, 3.8) is 0 Å². The number of pyridine rings is 1. The van der Waals surface area contributed by atoms with Crippen LogP contribution < -0.4 is 9.80 Å². The number of hydrogen-bond donors (Lipinski definition) is 0. The number of aromatic nitrogens is 2. The van der Waals surface area contributed by atoms with Crippen LogP contribution in [0.5, 0.6) is 0 Å². The predicted molar refractivity (Wildman–Crippen MR) is 127 cm³/mol. The van der Waals surface area contributed by atoms with Crippen molar-refractivity contribution >= 4 is 23.4 Å². The number of anilines is 2. The summed E-state index contributed by atoms with van der Waals surface area (Å²) in [7, 11) is 0. The molecule has 194 valence electrons. The van der Waals surface area contributed by atoms with Gasteiger partial charge in [-0.2, -0.15) is 18.2 Å². The average Bonchev–Trinajstić information content (AvgIpc) is 3.56. The summed E-state index contributed by atoms with van der Waals surface area (Å²) in [6, 6.07) is 3.34. The summed E-state index contributed by atoms with van der Waals surface area (Å²) in [5.74, 6) is 0.328. The second kappa shape index (κ2) is 10.2. The van der Waals surface area contributed by atoms with Gasteiger partial charge in [-0.25, -0.2) is 4.98 Å². The molecule has 0 aromatic carbocycles. The first-order valence-corrected chi connectivity index (χ1v) is 12.9. The Morgan fingerprint density at radius 1 is 0.972 bits per heavy atom. The predicted octanol–water partition coefficient (Wildman–Crippen LogP) is 5.09. The average molecular weight is 505 g/mol. The molecule has 4 heterocycles. The number of alkyl halides is 3. The molecule has 2 aromatic rings. The number of piperidine rings is 2. The molecule has 7 nitrogen and oxygen atoms in total. The Morgan fingerprint density at radius 2 is 1.69 bits per heavy atom. The fourth-order valence-electron chi connectivity index (χ4n) is 5.09. The number of carbonyl (C=O) groups is 2. The molecule has 0 spiro atoms. The second-order valence-corrected chi connectivity index (χ2v) is 10.2. The van der Waals surface area contributed by atoms with Gasteiger partial charge >= 0.3 is 6.18 Å². The lowest BCUT2D eigenvalue weighted by molar-refractivity contribution is -0.141. The SMILES string of the molecule is O=C(Cc1ccc(N2CCC(C(=O)CC3CC3)CC2)nc1)c1oc(N2CCCCC2)nc1C(F)(F)F.